The second kappa shape index (κ2) is 7.04. The monoisotopic (exact) mass is 268 g/mol. The second-order valence-electron chi connectivity index (χ2n) is 3.65. The Morgan fingerprint density at radius 3 is 2.53 bits per heavy atom. The van der Waals surface area contributed by atoms with Gasteiger partial charge in [0.15, 0.2) is 0 Å². The van der Waals surface area contributed by atoms with Crippen LogP contribution < -0.4 is 16.4 Å². The zero-order valence-corrected chi connectivity index (χ0v) is 10.5. The molecule has 8 nitrogen and oxygen atoms in total. The number of amides is 1. The lowest BCUT2D eigenvalue weighted by Crippen LogP contribution is -2.18. The molecule has 0 aromatic heterocycles. The third kappa shape index (κ3) is 5.11. The molecule has 1 amide bonds. The molecular weight excluding hydrogens is 252 g/mol. The molecule has 1 aromatic carbocycles. The number of anilines is 2. The van der Waals surface area contributed by atoms with Gasteiger partial charge in [0.2, 0.25) is 0 Å². The molecule has 0 unspecified atom stereocenters. The molecule has 0 spiro atoms. The van der Waals surface area contributed by atoms with E-state index in [1.807, 2.05) is 6.92 Å². The van der Waals surface area contributed by atoms with Crippen molar-refractivity contribution in [1.29, 1.82) is 0 Å². The summed E-state index contributed by atoms with van der Waals surface area (Å²) in [6, 6.07) is 4.60. The molecule has 0 atom stereocenters. The SMILES string of the molecule is CCNc1cc(NCCOC(N)=O)cc([N+](=O)[O-])c1. The second-order valence-corrected chi connectivity index (χ2v) is 3.65. The fourth-order valence-corrected chi connectivity index (χ4v) is 1.47. The van der Waals surface area contributed by atoms with E-state index in [1.54, 1.807) is 6.07 Å². The first-order valence-corrected chi connectivity index (χ1v) is 5.72. The van der Waals surface area contributed by atoms with Crippen molar-refractivity contribution >= 4 is 23.2 Å². The Balaban J connectivity index is 2.70. The van der Waals surface area contributed by atoms with E-state index in [-0.39, 0.29) is 12.3 Å². The minimum Gasteiger partial charge on any atom is -0.448 e. The Morgan fingerprint density at radius 1 is 1.37 bits per heavy atom. The van der Waals surface area contributed by atoms with E-state index >= 15 is 0 Å². The maximum absolute atomic E-state index is 10.8. The lowest BCUT2D eigenvalue weighted by Gasteiger charge is -2.09. The number of primary amides is 1. The maximum Gasteiger partial charge on any atom is 0.404 e. The summed E-state index contributed by atoms with van der Waals surface area (Å²) >= 11 is 0. The third-order valence-electron chi connectivity index (χ3n) is 2.19. The normalized spacial score (nSPS) is 9.74. The van der Waals surface area contributed by atoms with Gasteiger partial charge in [0, 0.05) is 36.6 Å². The predicted octanol–water partition coefficient (Wildman–Crippen LogP) is 1.53. The van der Waals surface area contributed by atoms with Gasteiger partial charge in [-0.25, -0.2) is 4.79 Å². The highest BCUT2D eigenvalue weighted by Gasteiger charge is 2.09. The van der Waals surface area contributed by atoms with Crippen LogP contribution in [0.1, 0.15) is 6.92 Å². The van der Waals surface area contributed by atoms with Crippen LogP contribution in [0.4, 0.5) is 21.9 Å². The molecule has 0 radical (unpaired) electrons. The molecule has 0 saturated heterocycles. The maximum atomic E-state index is 10.8. The number of hydrogen-bond donors (Lipinski definition) is 3. The standard InChI is InChI=1S/C11H16N4O4/c1-2-13-8-5-9(7-10(6-8)15(17)18)14-3-4-19-11(12)16/h5-7,13-14H,2-4H2,1H3,(H2,12,16). The zero-order valence-electron chi connectivity index (χ0n) is 10.5. The molecule has 19 heavy (non-hydrogen) atoms. The van der Waals surface area contributed by atoms with Gasteiger partial charge in [0.25, 0.3) is 5.69 Å². The number of nitrogens with zero attached hydrogens (tertiary/aromatic N) is 1. The van der Waals surface area contributed by atoms with Crippen molar-refractivity contribution in [2.24, 2.45) is 5.73 Å². The van der Waals surface area contributed by atoms with Crippen molar-refractivity contribution in [3.63, 3.8) is 0 Å². The molecular formula is C11H16N4O4. The number of benzene rings is 1. The van der Waals surface area contributed by atoms with Crippen LogP contribution in [0.2, 0.25) is 0 Å². The molecule has 0 saturated carbocycles. The summed E-state index contributed by atoms with van der Waals surface area (Å²) in [4.78, 5) is 20.7. The molecule has 4 N–H and O–H groups in total. The van der Waals surface area contributed by atoms with Gasteiger partial charge in [-0.1, -0.05) is 0 Å². The van der Waals surface area contributed by atoms with Gasteiger partial charge >= 0.3 is 6.09 Å². The highest BCUT2D eigenvalue weighted by molar-refractivity contribution is 5.65. The molecule has 104 valence electrons. The topological polar surface area (TPSA) is 120 Å². The van der Waals surface area contributed by atoms with Crippen molar-refractivity contribution < 1.29 is 14.5 Å². The van der Waals surface area contributed by atoms with Gasteiger partial charge in [-0.2, -0.15) is 0 Å². The van der Waals surface area contributed by atoms with Gasteiger partial charge in [-0.15, -0.1) is 0 Å². The van der Waals surface area contributed by atoms with Crippen LogP contribution in [0.5, 0.6) is 0 Å². The lowest BCUT2D eigenvalue weighted by molar-refractivity contribution is -0.384. The van der Waals surface area contributed by atoms with Crippen molar-refractivity contribution in [1.82, 2.24) is 0 Å². The van der Waals surface area contributed by atoms with E-state index in [0.717, 1.165) is 0 Å². The minimum atomic E-state index is -0.853. The average Bonchev–Trinajstić information content (AvgIpc) is 2.34. The molecule has 1 aromatic rings. The summed E-state index contributed by atoms with van der Waals surface area (Å²) in [6.45, 7) is 2.96. The molecule has 0 aliphatic rings. The van der Waals surface area contributed by atoms with Gasteiger partial charge in [-0.05, 0) is 13.0 Å². The molecule has 0 aliphatic heterocycles. The minimum absolute atomic E-state index is 0.0169. The Morgan fingerprint density at radius 2 is 2.00 bits per heavy atom. The number of nitrogens with two attached hydrogens (primary N) is 1. The van der Waals surface area contributed by atoms with Crippen LogP contribution in [-0.4, -0.2) is 30.7 Å². The number of carbonyl (C=O) groups is 1. The van der Waals surface area contributed by atoms with E-state index in [0.29, 0.717) is 24.5 Å². The predicted molar refractivity (Wildman–Crippen MR) is 71.3 cm³/mol. The molecule has 0 fully saturated rings. The summed E-state index contributed by atoms with van der Waals surface area (Å²) in [7, 11) is 0. The Hall–Kier alpha value is -2.51. The van der Waals surface area contributed by atoms with Crippen LogP contribution >= 0.6 is 0 Å². The van der Waals surface area contributed by atoms with Crippen molar-refractivity contribution in [3.05, 3.63) is 28.3 Å². The van der Waals surface area contributed by atoms with Crippen LogP contribution in [0, 0.1) is 10.1 Å². The zero-order chi connectivity index (χ0) is 14.3. The lowest BCUT2D eigenvalue weighted by atomic mass is 10.2. The molecule has 8 heteroatoms. The molecule has 0 aliphatic carbocycles. The largest absolute Gasteiger partial charge is 0.448 e. The number of nitro groups is 1. The summed E-state index contributed by atoms with van der Waals surface area (Å²) in [6.07, 6.45) is -0.853. The first kappa shape index (κ1) is 14.6. The van der Waals surface area contributed by atoms with Crippen molar-refractivity contribution in [2.45, 2.75) is 6.92 Å². The van der Waals surface area contributed by atoms with Crippen LogP contribution in [-0.2, 0) is 4.74 Å². The Labute approximate surface area is 110 Å². The third-order valence-corrected chi connectivity index (χ3v) is 2.19. The number of rotatable bonds is 7. The van der Waals surface area contributed by atoms with Gasteiger partial charge in [0.1, 0.15) is 6.61 Å². The number of hydrogen-bond acceptors (Lipinski definition) is 6. The highest BCUT2D eigenvalue weighted by atomic mass is 16.6. The van der Waals surface area contributed by atoms with E-state index in [4.69, 9.17) is 5.73 Å². The van der Waals surface area contributed by atoms with Gasteiger partial charge in [-0.3, -0.25) is 10.1 Å². The number of carbonyl (C=O) groups excluding carboxylic acids is 1. The van der Waals surface area contributed by atoms with E-state index < -0.39 is 11.0 Å². The fraction of sp³-hybridized carbons (Fsp3) is 0.364. The summed E-state index contributed by atoms with van der Waals surface area (Å²) in [5.41, 5.74) is 6.01. The van der Waals surface area contributed by atoms with Crippen LogP contribution in [0.3, 0.4) is 0 Å². The van der Waals surface area contributed by atoms with E-state index in [1.165, 1.54) is 12.1 Å². The first-order valence-electron chi connectivity index (χ1n) is 5.72. The summed E-state index contributed by atoms with van der Waals surface area (Å²) in [5, 5.41) is 16.7. The number of ether oxygens (including phenoxy) is 1. The quantitative estimate of drug-likeness (QED) is 0.392. The molecule has 1 rings (SSSR count). The van der Waals surface area contributed by atoms with Crippen LogP contribution in [0.15, 0.2) is 18.2 Å². The highest BCUT2D eigenvalue weighted by Crippen LogP contribution is 2.24. The molecule has 0 heterocycles. The van der Waals surface area contributed by atoms with Crippen molar-refractivity contribution in [2.75, 3.05) is 30.3 Å². The first-order chi connectivity index (χ1) is 9.02. The molecule has 0 bridgehead atoms. The van der Waals surface area contributed by atoms with E-state index in [2.05, 4.69) is 15.4 Å². The number of non-ortho nitro benzene ring substituents is 1. The summed E-state index contributed by atoms with van der Waals surface area (Å²) < 4.78 is 4.55. The Kier molecular flexibility index (Phi) is 5.39. The average molecular weight is 268 g/mol. The number of nitrogens with one attached hydrogen (secondary N) is 2. The van der Waals surface area contributed by atoms with Crippen LogP contribution in [0.25, 0.3) is 0 Å². The van der Waals surface area contributed by atoms with Gasteiger partial charge in [0.05, 0.1) is 4.92 Å². The summed E-state index contributed by atoms with van der Waals surface area (Å²) in [5.74, 6) is 0. The smallest absolute Gasteiger partial charge is 0.404 e. The van der Waals surface area contributed by atoms with E-state index in [9.17, 15) is 14.9 Å². The number of nitro benzene ring substituents is 1. The fourth-order valence-electron chi connectivity index (χ4n) is 1.47. The van der Waals surface area contributed by atoms with Gasteiger partial charge < -0.3 is 21.1 Å². The Bertz CT molecular complexity index is 464. The van der Waals surface area contributed by atoms with Crippen molar-refractivity contribution in [3.8, 4) is 0 Å².